The Hall–Kier alpha value is -2.29. The van der Waals surface area contributed by atoms with E-state index in [4.69, 9.17) is 4.74 Å². The number of sulfone groups is 1. The molecule has 0 bridgehead atoms. The average molecular weight is 487 g/mol. The minimum atomic E-state index is -3.51. The molecule has 4 rings (SSSR count). The second-order valence-corrected chi connectivity index (χ2v) is 12.3. The van der Waals surface area contributed by atoms with Gasteiger partial charge in [-0.05, 0) is 66.3 Å². The fraction of sp³-hybridized carbons (Fsp3) is 0.440. The van der Waals surface area contributed by atoms with E-state index < -0.39 is 15.1 Å². The Kier molecular flexibility index (Phi) is 7.16. The number of rotatable bonds is 7. The van der Waals surface area contributed by atoms with Crippen LogP contribution in [0.15, 0.2) is 53.7 Å². The van der Waals surface area contributed by atoms with Gasteiger partial charge in [0.15, 0.2) is 9.84 Å². The summed E-state index contributed by atoms with van der Waals surface area (Å²) in [6.07, 6.45) is 5.57. The van der Waals surface area contributed by atoms with Gasteiger partial charge in [-0.25, -0.2) is 8.42 Å². The van der Waals surface area contributed by atoms with E-state index in [-0.39, 0.29) is 12.0 Å². The van der Waals surface area contributed by atoms with Crippen LogP contribution in [0, 0.1) is 11.8 Å². The molecule has 0 saturated heterocycles. The van der Waals surface area contributed by atoms with E-state index in [9.17, 15) is 13.2 Å². The Morgan fingerprint density at radius 3 is 2.64 bits per heavy atom. The lowest BCUT2D eigenvalue weighted by Crippen LogP contribution is -2.42. The first-order valence-electron chi connectivity index (χ1n) is 11.3. The van der Waals surface area contributed by atoms with Crippen LogP contribution >= 0.6 is 11.3 Å². The summed E-state index contributed by atoms with van der Waals surface area (Å²) in [4.78, 5) is 17.6. The van der Waals surface area contributed by atoms with Crippen LogP contribution in [0.4, 0.5) is 0 Å². The second-order valence-electron chi connectivity index (χ2n) is 9.03. The zero-order valence-corrected chi connectivity index (χ0v) is 20.8. The highest BCUT2D eigenvalue weighted by Crippen LogP contribution is 2.37. The molecule has 1 amide bonds. The highest BCUT2D eigenvalue weighted by Gasteiger charge is 2.40. The molecule has 6 nitrogen and oxygen atoms in total. The van der Waals surface area contributed by atoms with E-state index >= 15 is 0 Å². The van der Waals surface area contributed by atoms with Crippen molar-refractivity contribution in [3.63, 3.8) is 0 Å². The zero-order chi connectivity index (χ0) is 23.6. The zero-order valence-electron chi connectivity index (χ0n) is 19.2. The molecular weight excluding hydrogens is 456 g/mol. The maximum Gasteiger partial charge on any atom is 0.261 e. The van der Waals surface area contributed by atoms with E-state index in [1.807, 2.05) is 12.1 Å². The molecule has 2 aromatic heterocycles. The number of carbonyl (C=O) groups is 1. The molecule has 3 unspecified atom stereocenters. The summed E-state index contributed by atoms with van der Waals surface area (Å²) in [6, 6.07) is 10.6. The highest BCUT2D eigenvalue weighted by molar-refractivity contribution is 7.92. The van der Waals surface area contributed by atoms with Gasteiger partial charge in [0, 0.05) is 26.0 Å². The number of amides is 1. The number of ether oxygens (including phenoxy) is 1. The molecule has 2 heterocycles. The number of benzene rings is 1. The van der Waals surface area contributed by atoms with E-state index in [2.05, 4.69) is 24.1 Å². The van der Waals surface area contributed by atoms with Crippen LogP contribution in [0.25, 0.3) is 10.1 Å². The molecule has 176 valence electrons. The molecule has 0 spiro atoms. The number of hydrogen-bond acceptors (Lipinski definition) is 6. The normalized spacial score (nSPS) is 21.4. The molecule has 3 aromatic rings. The maximum absolute atomic E-state index is 13.4. The van der Waals surface area contributed by atoms with Gasteiger partial charge in [-0.2, -0.15) is 0 Å². The van der Waals surface area contributed by atoms with Crippen LogP contribution in [-0.4, -0.2) is 37.8 Å². The Morgan fingerprint density at radius 1 is 1.21 bits per heavy atom. The standard InChI is InChI=1S/C25H30N2O4S2/c1-16(2)18-6-9-21(31-3)24(13-18)33(29,30)20-7-4-17(5-8-20)14-27-25(28)22-12-19-10-11-26-15-23(19)32-22/h4-5,7-8,10-12,15-16,18,21,24H,6,9,13-14H2,1-3H3,(H,27,28). The van der Waals surface area contributed by atoms with Crippen LogP contribution in [0.3, 0.4) is 0 Å². The van der Waals surface area contributed by atoms with Crippen molar-refractivity contribution in [3.05, 3.63) is 59.2 Å². The first-order valence-corrected chi connectivity index (χ1v) is 13.6. The molecule has 1 aliphatic carbocycles. The Morgan fingerprint density at radius 2 is 1.97 bits per heavy atom. The van der Waals surface area contributed by atoms with Gasteiger partial charge in [-0.15, -0.1) is 11.3 Å². The number of fused-ring (bicyclic) bond motifs is 1. The van der Waals surface area contributed by atoms with Crippen molar-refractivity contribution < 1.29 is 17.9 Å². The molecular formula is C25H30N2O4S2. The van der Waals surface area contributed by atoms with Crippen molar-refractivity contribution in [2.45, 2.75) is 55.9 Å². The van der Waals surface area contributed by atoms with Crippen molar-refractivity contribution in [2.75, 3.05) is 7.11 Å². The molecule has 1 N–H and O–H groups in total. The highest BCUT2D eigenvalue weighted by atomic mass is 32.2. The summed E-state index contributed by atoms with van der Waals surface area (Å²) in [5.74, 6) is 0.678. The average Bonchev–Trinajstić information content (AvgIpc) is 3.27. The number of methoxy groups -OCH3 is 1. The monoisotopic (exact) mass is 486 g/mol. The Bertz CT molecular complexity index is 1190. The minimum absolute atomic E-state index is 0.155. The number of carbonyl (C=O) groups excluding carboxylic acids is 1. The minimum Gasteiger partial charge on any atom is -0.380 e. The van der Waals surface area contributed by atoms with Crippen LogP contribution < -0.4 is 5.32 Å². The van der Waals surface area contributed by atoms with Gasteiger partial charge in [0.25, 0.3) is 5.91 Å². The van der Waals surface area contributed by atoms with E-state index in [1.54, 1.807) is 43.8 Å². The van der Waals surface area contributed by atoms with E-state index in [0.717, 1.165) is 28.5 Å². The third-order valence-electron chi connectivity index (χ3n) is 6.67. The molecule has 33 heavy (non-hydrogen) atoms. The first kappa shape index (κ1) is 23.9. The summed E-state index contributed by atoms with van der Waals surface area (Å²) in [5, 5.41) is 3.38. The predicted molar refractivity (Wildman–Crippen MR) is 131 cm³/mol. The fourth-order valence-corrected chi connectivity index (χ4v) is 7.53. The number of aromatic nitrogens is 1. The van der Waals surface area contributed by atoms with Gasteiger partial charge in [0.05, 0.1) is 25.8 Å². The summed E-state index contributed by atoms with van der Waals surface area (Å²) >= 11 is 1.40. The Balaban J connectivity index is 1.44. The third kappa shape index (κ3) is 5.13. The summed E-state index contributed by atoms with van der Waals surface area (Å²) in [7, 11) is -1.91. The fourth-order valence-electron chi connectivity index (χ4n) is 4.57. The van der Waals surface area contributed by atoms with Crippen molar-refractivity contribution in [2.24, 2.45) is 11.8 Å². The van der Waals surface area contributed by atoms with Gasteiger partial charge in [0.1, 0.15) is 0 Å². The van der Waals surface area contributed by atoms with Gasteiger partial charge >= 0.3 is 0 Å². The third-order valence-corrected chi connectivity index (χ3v) is 9.97. The molecule has 3 atom stereocenters. The van der Waals surface area contributed by atoms with Gasteiger partial charge in [0.2, 0.25) is 0 Å². The van der Waals surface area contributed by atoms with Crippen molar-refractivity contribution in [3.8, 4) is 0 Å². The number of hydrogen-bond donors (Lipinski definition) is 1. The van der Waals surface area contributed by atoms with Crippen molar-refractivity contribution in [1.29, 1.82) is 0 Å². The number of nitrogens with zero attached hydrogens (tertiary/aromatic N) is 1. The predicted octanol–water partition coefficient (Wildman–Crippen LogP) is 4.84. The van der Waals surface area contributed by atoms with Gasteiger partial charge < -0.3 is 10.1 Å². The molecule has 0 aliphatic heterocycles. The largest absolute Gasteiger partial charge is 0.380 e. The van der Waals surface area contributed by atoms with Crippen molar-refractivity contribution >= 4 is 37.2 Å². The molecule has 1 aliphatic rings. The Labute approximate surface area is 199 Å². The lowest BCUT2D eigenvalue weighted by atomic mass is 9.80. The lowest BCUT2D eigenvalue weighted by molar-refractivity contribution is 0.0526. The summed E-state index contributed by atoms with van der Waals surface area (Å²) in [6.45, 7) is 4.63. The van der Waals surface area contributed by atoms with Gasteiger partial charge in [-0.1, -0.05) is 26.0 Å². The van der Waals surface area contributed by atoms with Crippen LogP contribution in [0.5, 0.6) is 0 Å². The number of pyridine rings is 1. The van der Waals surface area contributed by atoms with Crippen LogP contribution in [0.2, 0.25) is 0 Å². The SMILES string of the molecule is COC1CCC(C(C)C)CC1S(=O)(=O)c1ccc(CNC(=O)c2cc3ccncc3s2)cc1. The summed E-state index contributed by atoms with van der Waals surface area (Å²) < 4.78 is 33.4. The molecule has 0 radical (unpaired) electrons. The van der Waals surface area contributed by atoms with E-state index in [1.165, 1.54) is 11.3 Å². The first-order chi connectivity index (χ1) is 15.8. The molecule has 1 saturated carbocycles. The quantitative estimate of drug-likeness (QED) is 0.517. The van der Waals surface area contributed by atoms with Crippen LogP contribution in [-0.2, 0) is 21.1 Å². The molecule has 1 aromatic carbocycles. The topological polar surface area (TPSA) is 85.4 Å². The van der Waals surface area contributed by atoms with E-state index in [0.29, 0.717) is 34.6 Å². The molecule has 1 fully saturated rings. The summed E-state index contributed by atoms with van der Waals surface area (Å²) in [5.41, 5.74) is 0.845. The lowest BCUT2D eigenvalue weighted by Gasteiger charge is -2.36. The maximum atomic E-state index is 13.4. The number of thiophene rings is 1. The number of nitrogens with one attached hydrogen (secondary N) is 1. The van der Waals surface area contributed by atoms with Crippen LogP contribution in [0.1, 0.15) is 48.3 Å². The van der Waals surface area contributed by atoms with Crippen molar-refractivity contribution in [1.82, 2.24) is 10.3 Å². The second kappa shape index (κ2) is 9.91. The molecule has 8 heteroatoms. The smallest absolute Gasteiger partial charge is 0.261 e. The van der Waals surface area contributed by atoms with Gasteiger partial charge in [-0.3, -0.25) is 9.78 Å².